The summed E-state index contributed by atoms with van der Waals surface area (Å²) >= 11 is 0. The van der Waals surface area contributed by atoms with Crippen LogP contribution in [0.1, 0.15) is 37.7 Å². The first-order chi connectivity index (χ1) is 11.7. The van der Waals surface area contributed by atoms with Gasteiger partial charge in [-0.2, -0.15) is 0 Å². The molecule has 128 valence electrons. The number of amides is 1. The van der Waals surface area contributed by atoms with Crippen LogP contribution in [0.15, 0.2) is 30.5 Å². The van der Waals surface area contributed by atoms with Gasteiger partial charge in [-0.05, 0) is 42.2 Å². The first kappa shape index (κ1) is 15.7. The van der Waals surface area contributed by atoms with Crippen molar-refractivity contribution in [3.05, 3.63) is 36.0 Å². The maximum Gasteiger partial charge on any atom is 0.223 e. The van der Waals surface area contributed by atoms with Gasteiger partial charge >= 0.3 is 0 Å². The number of benzene rings is 1. The quantitative estimate of drug-likeness (QED) is 0.934. The van der Waals surface area contributed by atoms with Gasteiger partial charge < -0.3 is 14.6 Å². The molecule has 2 saturated heterocycles. The molecule has 0 spiro atoms. The number of aromatic nitrogens is 1. The van der Waals surface area contributed by atoms with Crippen LogP contribution in [-0.4, -0.2) is 42.1 Å². The van der Waals surface area contributed by atoms with Crippen molar-refractivity contribution in [2.45, 2.75) is 32.1 Å². The second-order valence-electron chi connectivity index (χ2n) is 7.41. The van der Waals surface area contributed by atoms with Crippen LogP contribution in [0, 0.1) is 11.8 Å². The minimum atomic E-state index is 0.238. The standard InChI is InChI=1S/C20H26N2O2/c1-14(18-11-21-19-5-3-2-4-17(18)19)10-20(23)22-8-6-15(12-22)16-7-9-24-13-16/h2-5,11,14-16,21H,6-10,12-13H2,1H3. The molecule has 3 heterocycles. The fourth-order valence-electron chi connectivity index (χ4n) is 4.33. The van der Waals surface area contributed by atoms with Crippen molar-refractivity contribution in [1.82, 2.24) is 9.88 Å². The Kier molecular flexibility index (Phi) is 4.31. The van der Waals surface area contributed by atoms with E-state index in [4.69, 9.17) is 4.74 Å². The maximum atomic E-state index is 12.7. The zero-order valence-electron chi connectivity index (χ0n) is 14.3. The Bertz CT molecular complexity index is 717. The van der Waals surface area contributed by atoms with Crippen LogP contribution in [0.3, 0.4) is 0 Å². The minimum absolute atomic E-state index is 0.238. The van der Waals surface area contributed by atoms with Crippen molar-refractivity contribution >= 4 is 16.8 Å². The van der Waals surface area contributed by atoms with Gasteiger partial charge in [0, 0.05) is 49.8 Å². The lowest BCUT2D eigenvalue weighted by molar-refractivity contribution is -0.130. The van der Waals surface area contributed by atoms with E-state index in [2.05, 4.69) is 41.2 Å². The average Bonchev–Trinajstić information content (AvgIpc) is 3.33. The monoisotopic (exact) mass is 326 g/mol. The zero-order valence-corrected chi connectivity index (χ0v) is 14.3. The highest BCUT2D eigenvalue weighted by molar-refractivity contribution is 5.85. The second kappa shape index (κ2) is 6.60. The van der Waals surface area contributed by atoms with Crippen LogP contribution in [0.2, 0.25) is 0 Å². The van der Waals surface area contributed by atoms with Gasteiger partial charge in [0.05, 0.1) is 0 Å². The van der Waals surface area contributed by atoms with Crippen LogP contribution < -0.4 is 0 Å². The lowest BCUT2D eigenvalue weighted by Crippen LogP contribution is -2.30. The summed E-state index contributed by atoms with van der Waals surface area (Å²) in [4.78, 5) is 18.1. The summed E-state index contributed by atoms with van der Waals surface area (Å²) in [7, 11) is 0. The van der Waals surface area contributed by atoms with E-state index in [1.165, 1.54) is 17.4 Å². The number of H-pyrrole nitrogens is 1. The molecule has 0 saturated carbocycles. The van der Waals surface area contributed by atoms with Crippen LogP contribution in [0.5, 0.6) is 0 Å². The Morgan fingerprint density at radius 1 is 1.33 bits per heavy atom. The Balaban J connectivity index is 1.39. The van der Waals surface area contributed by atoms with Crippen molar-refractivity contribution in [2.24, 2.45) is 11.8 Å². The van der Waals surface area contributed by atoms with Crippen LogP contribution >= 0.6 is 0 Å². The number of rotatable bonds is 4. The molecule has 4 nitrogen and oxygen atoms in total. The summed E-state index contributed by atoms with van der Waals surface area (Å²) in [5.74, 6) is 1.84. The number of likely N-dealkylation sites (tertiary alicyclic amines) is 1. The van der Waals surface area contributed by atoms with Gasteiger partial charge in [0.2, 0.25) is 5.91 Å². The maximum absolute atomic E-state index is 12.7. The smallest absolute Gasteiger partial charge is 0.223 e. The number of carbonyl (C=O) groups excluding carboxylic acids is 1. The zero-order chi connectivity index (χ0) is 16.5. The van der Waals surface area contributed by atoms with Crippen molar-refractivity contribution in [2.75, 3.05) is 26.3 Å². The molecule has 1 amide bonds. The van der Waals surface area contributed by atoms with E-state index >= 15 is 0 Å². The van der Waals surface area contributed by atoms with E-state index in [-0.39, 0.29) is 5.92 Å². The molecule has 3 atom stereocenters. The Morgan fingerprint density at radius 3 is 3.04 bits per heavy atom. The highest BCUT2D eigenvalue weighted by Gasteiger charge is 2.34. The summed E-state index contributed by atoms with van der Waals surface area (Å²) < 4.78 is 5.51. The molecular formula is C20H26N2O2. The molecule has 2 fully saturated rings. The van der Waals surface area contributed by atoms with E-state index in [1.807, 2.05) is 6.07 Å². The van der Waals surface area contributed by atoms with Crippen molar-refractivity contribution in [1.29, 1.82) is 0 Å². The van der Waals surface area contributed by atoms with Gasteiger partial charge in [0.1, 0.15) is 0 Å². The fraction of sp³-hybridized carbons (Fsp3) is 0.550. The molecule has 1 aromatic heterocycles. The van der Waals surface area contributed by atoms with E-state index in [9.17, 15) is 4.79 Å². The van der Waals surface area contributed by atoms with Crippen LogP contribution in [0.25, 0.3) is 10.9 Å². The van der Waals surface area contributed by atoms with Crippen molar-refractivity contribution < 1.29 is 9.53 Å². The largest absolute Gasteiger partial charge is 0.381 e. The first-order valence-corrected chi connectivity index (χ1v) is 9.14. The molecule has 2 aromatic rings. The molecule has 2 aliphatic heterocycles. The van der Waals surface area contributed by atoms with Gasteiger partial charge in [-0.25, -0.2) is 0 Å². The number of carbonyl (C=O) groups is 1. The Morgan fingerprint density at radius 2 is 2.21 bits per heavy atom. The van der Waals surface area contributed by atoms with E-state index in [0.717, 1.165) is 38.2 Å². The summed E-state index contributed by atoms with van der Waals surface area (Å²) in [5.41, 5.74) is 2.40. The second-order valence-corrected chi connectivity index (χ2v) is 7.41. The topological polar surface area (TPSA) is 45.3 Å². The van der Waals surface area contributed by atoms with Crippen LogP contribution in [0.4, 0.5) is 0 Å². The third kappa shape index (κ3) is 2.95. The lowest BCUT2D eigenvalue weighted by atomic mass is 9.91. The van der Waals surface area contributed by atoms with Crippen LogP contribution in [-0.2, 0) is 9.53 Å². The van der Waals surface area contributed by atoms with Gasteiger partial charge in [0.15, 0.2) is 0 Å². The molecule has 1 N–H and O–H groups in total. The molecule has 4 rings (SSSR count). The highest BCUT2D eigenvalue weighted by Crippen LogP contribution is 2.32. The van der Waals surface area contributed by atoms with E-state index in [0.29, 0.717) is 24.2 Å². The number of nitrogens with zero attached hydrogens (tertiary/aromatic N) is 1. The molecule has 24 heavy (non-hydrogen) atoms. The number of fused-ring (bicyclic) bond motifs is 1. The molecular weight excluding hydrogens is 300 g/mol. The number of aromatic amines is 1. The van der Waals surface area contributed by atoms with E-state index < -0.39 is 0 Å². The molecule has 4 heteroatoms. The van der Waals surface area contributed by atoms with Gasteiger partial charge in [-0.3, -0.25) is 4.79 Å². The normalized spacial score (nSPS) is 25.5. The molecule has 2 aliphatic rings. The minimum Gasteiger partial charge on any atom is -0.381 e. The summed E-state index contributed by atoms with van der Waals surface area (Å²) in [6, 6.07) is 8.31. The average molecular weight is 326 g/mol. The predicted molar refractivity (Wildman–Crippen MR) is 94.9 cm³/mol. The molecule has 1 aromatic carbocycles. The van der Waals surface area contributed by atoms with Crippen molar-refractivity contribution in [3.8, 4) is 0 Å². The fourth-order valence-corrected chi connectivity index (χ4v) is 4.33. The number of hydrogen-bond donors (Lipinski definition) is 1. The lowest BCUT2D eigenvalue weighted by Gasteiger charge is -2.21. The predicted octanol–water partition coefficient (Wildman–Crippen LogP) is 3.55. The summed E-state index contributed by atoms with van der Waals surface area (Å²) in [5, 5.41) is 1.24. The van der Waals surface area contributed by atoms with Gasteiger partial charge in [-0.1, -0.05) is 25.1 Å². The molecule has 0 radical (unpaired) electrons. The third-order valence-corrected chi connectivity index (χ3v) is 5.84. The highest BCUT2D eigenvalue weighted by atomic mass is 16.5. The third-order valence-electron chi connectivity index (χ3n) is 5.84. The number of ether oxygens (including phenoxy) is 1. The molecule has 0 aliphatic carbocycles. The SMILES string of the molecule is CC(CC(=O)N1CCC(C2CCOC2)C1)c1c[nH]c2ccccc12. The summed E-state index contributed by atoms with van der Waals surface area (Å²) in [6.07, 6.45) is 4.96. The van der Waals surface area contributed by atoms with Crippen molar-refractivity contribution in [3.63, 3.8) is 0 Å². The Labute approximate surface area is 143 Å². The summed E-state index contributed by atoms with van der Waals surface area (Å²) in [6.45, 7) is 5.78. The van der Waals surface area contributed by atoms with Gasteiger partial charge in [0.25, 0.3) is 0 Å². The van der Waals surface area contributed by atoms with E-state index in [1.54, 1.807) is 0 Å². The molecule has 0 bridgehead atoms. The number of nitrogens with one attached hydrogen (secondary N) is 1. The number of para-hydroxylation sites is 1. The Hall–Kier alpha value is -1.81. The molecule has 3 unspecified atom stereocenters. The first-order valence-electron chi connectivity index (χ1n) is 9.14. The van der Waals surface area contributed by atoms with Gasteiger partial charge in [-0.15, -0.1) is 0 Å². The number of hydrogen-bond acceptors (Lipinski definition) is 2.